The first kappa shape index (κ1) is 18.8. The van der Waals surface area contributed by atoms with E-state index in [0.29, 0.717) is 0 Å². The van der Waals surface area contributed by atoms with Crippen LogP contribution in [0.3, 0.4) is 0 Å². The van der Waals surface area contributed by atoms with E-state index in [0.717, 1.165) is 61.7 Å². The number of hydrogen-bond donors (Lipinski definition) is 0. The van der Waals surface area contributed by atoms with Gasteiger partial charge in [-0.3, -0.25) is 4.79 Å². The van der Waals surface area contributed by atoms with Gasteiger partial charge in [0.05, 0.1) is 12.0 Å². The number of aryl methyl sites for hydroxylation is 1. The van der Waals surface area contributed by atoms with Crippen LogP contribution in [0.2, 0.25) is 0 Å². The Hall–Kier alpha value is -3.22. The summed E-state index contributed by atoms with van der Waals surface area (Å²) in [6.45, 7) is 1.52. The van der Waals surface area contributed by atoms with Crippen LogP contribution < -0.4 is 4.90 Å². The molecule has 30 heavy (non-hydrogen) atoms. The summed E-state index contributed by atoms with van der Waals surface area (Å²) >= 11 is 0. The predicted molar refractivity (Wildman–Crippen MR) is 115 cm³/mol. The number of carbonyl (C=O) groups excluding carboxylic acids is 1. The third kappa shape index (κ3) is 3.14. The molecule has 7 nitrogen and oxygen atoms in total. The standard InChI is InChI=1S/C23H26N6O/c1-27(2)22-25-14-18-8-10-23(20(18)26-22)9-3-12-28(15-23)21(30)17-4-6-19(7-5-17)29-13-11-24-16-29/h4-7,11,13-14,16H,3,8-10,12,15H2,1-2H3. The number of aromatic nitrogens is 4. The molecule has 1 unspecified atom stereocenters. The molecule has 0 bridgehead atoms. The lowest BCUT2D eigenvalue weighted by molar-refractivity contribution is 0.0633. The summed E-state index contributed by atoms with van der Waals surface area (Å²) in [5, 5.41) is 0. The van der Waals surface area contributed by atoms with Gasteiger partial charge in [0.1, 0.15) is 0 Å². The maximum atomic E-state index is 13.3. The van der Waals surface area contributed by atoms with Gasteiger partial charge in [-0.1, -0.05) is 0 Å². The zero-order valence-corrected chi connectivity index (χ0v) is 17.5. The van der Waals surface area contributed by atoms with E-state index in [4.69, 9.17) is 4.98 Å². The molecule has 3 heterocycles. The van der Waals surface area contributed by atoms with Gasteiger partial charge in [-0.25, -0.2) is 15.0 Å². The van der Waals surface area contributed by atoms with E-state index >= 15 is 0 Å². The van der Waals surface area contributed by atoms with E-state index in [9.17, 15) is 4.79 Å². The molecular weight excluding hydrogens is 376 g/mol. The lowest BCUT2D eigenvalue weighted by Gasteiger charge is -2.40. The van der Waals surface area contributed by atoms with Gasteiger partial charge in [0.2, 0.25) is 5.95 Å². The van der Waals surface area contributed by atoms with Crippen molar-refractivity contribution >= 4 is 11.9 Å². The van der Waals surface area contributed by atoms with Gasteiger partial charge in [-0.2, -0.15) is 0 Å². The Kier molecular flexibility index (Phi) is 4.53. The molecule has 7 heteroatoms. The summed E-state index contributed by atoms with van der Waals surface area (Å²) < 4.78 is 1.93. The molecule has 0 radical (unpaired) electrons. The van der Waals surface area contributed by atoms with Crippen molar-refractivity contribution in [1.82, 2.24) is 24.4 Å². The summed E-state index contributed by atoms with van der Waals surface area (Å²) in [6.07, 6.45) is 11.5. The Bertz CT molecular complexity index is 1060. The van der Waals surface area contributed by atoms with Gasteiger partial charge in [-0.15, -0.1) is 0 Å². The first-order valence-electron chi connectivity index (χ1n) is 10.5. The van der Waals surface area contributed by atoms with Crippen molar-refractivity contribution in [2.45, 2.75) is 31.1 Å². The Morgan fingerprint density at radius 2 is 2.00 bits per heavy atom. The number of anilines is 1. The molecule has 1 aromatic carbocycles. The lowest BCUT2D eigenvalue weighted by Crippen LogP contribution is -2.48. The SMILES string of the molecule is CN(C)c1ncc2c(n1)C1(CCCN(C(=O)c3ccc(-n4ccnc4)cc3)C1)CC2. The van der Waals surface area contributed by atoms with Crippen LogP contribution in [-0.2, 0) is 11.8 Å². The van der Waals surface area contributed by atoms with E-state index in [1.54, 1.807) is 12.5 Å². The normalized spacial score (nSPS) is 20.4. The number of nitrogens with zero attached hydrogens (tertiary/aromatic N) is 6. The minimum atomic E-state index is -0.0479. The Morgan fingerprint density at radius 3 is 2.73 bits per heavy atom. The molecule has 5 rings (SSSR count). The minimum Gasteiger partial charge on any atom is -0.347 e. The number of benzene rings is 1. The van der Waals surface area contributed by atoms with Crippen molar-refractivity contribution < 1.29 is 4.79 Å². The van der Waals surface area contributed by atoms with Crippen LogP contribution in [0.5, 0.6) is 0 Å². The molecule has 154 valence electrons. The molecule has 0 saturated carbocycles. The average Bonchev–Trinajstić information content (AvgIpc) is 3.43. The lowest BCUT2D eigenvalue weighted by atomic mass is 9.77. The van der Waals surface area contributed by atoms with Crippen molar-refractivity contribution in [2.75, 3.05) is 32.1 Å². The molecule has 0 N–H and O–H groups in total. The number of amides is 1. The fourth-order valence-electron chi connectivity index (χ4n) is 4.82. The van der Waals surface area contributed by atoms with Crippen LogP contribution in [-0.4, -0.2) is 57.5 Å². The highest BCUT2D eigenvalue weighted by Crippen LogP contribution is 2.44. The predicted octanol–water partition coefficient (Wildman–Crippen LogP) is 2.85. The van der Waals surface area contributed by atoms with Crippen LogP contribution >= 0.6 is 0 Å². The molecule has 1 saturated heterocycles. The molecule has 1 fully saturated rings. The average molecular weight is 403 g/mol. The van der Waals surface area contributed by atoms with Gasteiger partial charge >= 0.3 is 0 Å². The van der Waals surface area contributed by atoms with Gasteiger partial charge < -0.3 is 14.4 Å². The van der Waals surface area contributed by atoms with E-state index in [2.05, 4.69) is 9.97 Å². The van der Waals surface area contributed by atoms with Crippen molar-refractivity contribution in [1.29, 1.82) is 0 Å². The van der Waals surface area contributed by atoms with E-state index in [1.165, 1.54) is 5.56 Å². The molecule has 1 aliphatic carbocycles. The maximum Gasteiger partial charge on any atom is 0.253 e. The second kappa shape index (κ2) is 7.23. The number of carbonyl (C=O) groups is 1. The number of likely N-dealkylation sites (tertiary alicyclic amines) is 1. The number of fused-ring (bicyclic) bond motifs is 2. The third-order valence-corrected chi connectivity index (χ3v) is 6.41. The molecule has 1 aliphatic heterocycles. The van der Waals surface area contributed by atoms with Crippen molar-refractivity contribution in [3.05, 3.63) is 66.0 Å². The second-order valence-corrected chi connectivity index (χ2v) is 8.57. The van der Waals surface area contributed by atoms with Crippen LogP contribution in [0.25, 0.3) is 5.69 Å². The highest BCUT2D eigenvalue weighted by atomic mass is 16.2. The summed E-state index contributed by atoms with van der Waals surface area (Å²) in [5.41, 5.74) is 4.06. The molecule has 1 spiro atoms. The maximum absolute atomic E-state index is 13.3. The molecule has 1 amide bonds. The first-order valence-corrected chi connectivity index (χ1v) is 10.5. The summed E-state index contributed by atoms with van der Waals surface area (Å²) in [5.74, 6) is 0.843. The van der Waals surface area contributed by atoms with Crippen molar-refractivity contribution in [2.24, 2.45) is 0 Å². The first-order chi connectivity index (χ1) is 14.6. The Labute approximate surface area is 176 Å². The molecule has 2 aliphatic rings. The summed E-state index contributed by atoms with van der Waals surface area (Å²) in [6, 6.07) is 7.76. The smallest absolute Gasteiger partial charge is 0.253 e. The summed E-state index contributed by atoms with van der Waals surface area (Å²) in [4.78, 5) is 30.7. The largest absolute Gasteiger partial charge is 0.347 e. The highest BCUT2D eigenvalue weighted by molar-refractivity contribution is 5.94. The van der Waals surface area contributed by atoms with Crippen LogP contribution in [0, 0.1) is 0 Å². The van der Waals surface area contributed by atoms with Crippen LogP contribution in [0.15, 0.2) is 49.2 Å². The van der Waals surface area contributed by atoms with Gasteiger partial charge in [0.25, 0.3) is 5.91 Å². The molecule has 2 aromatic heterocycles. The minimum absolute atomic E-state index is 0.0479. The van der Waals surface area contributed by atoms with E-state index in [1.807, 2.05) is 65.1 Å². The van der Waals surface area contributed by atoms with Gasteiger partial charge in [-0.05, 0) is 55.5 Å². The molecular formula is C23H26N6O. The molecule has 3 aromatic rings. The molecule has 1 atom stereocenters. The fraction of sp³-hybridized carbons (Fsp3) is 0.391. The Balaban J connectivity index is 1.39. The monoisotopic (exact) mass is 402 g/mol. The van der Waals surface area contributed by atoms with Gasteiger partial charge in [0.15, 0.2) is 0 Å². The quantitative estimate of drug-likeness (QED) is 0.674. The third-order valence-electron chi connectivity index (χ3n) is 6.41. The van der Waals surface area contributed by atoms with Gasteiger partial charge in [0, 0.05) is 62.4 Å². The van der Waals surface area contributed by atoms with Crippen LogP contribution in [0.4, 0.5) is 5.95 Å². The van der Waals surface area contributed by atoms with E-state index < -0.39 is 0 Å². The summed E-state index contributed by atoms with van der Waals surface area (Å²) in [7, 11) is 3.93. The zero-order valence-electron chi connectivity index (χ0n) is 17.5. The number of rotatable bonds is 3. The topological polar surface area (TPSA) is 67.2 Å². The number of imidazole rings is 1. The zero-order chi connectivity index (χ0) is 20.7. The second-order valence-electron chi connectivity index (χ2n) is 8.57. The van der Waals surface area contributed by atoms with E-state index in [-0.39, 0.29) is 11.3 Å². The van der Waals surface area contributed by atoms with Crippen LogP contribution in [0.1, 0.15) is 40.9 Å². The number of hydrogen-bond acceptors (Lipinski definition) is 5. The van der Waals surface area contributed by atoms with Crippen molar-refractivity contribution in [3.8, 4) is 5.69 Å². The fourth-order valence-corrected chi connectivity index (χ4v) is 4.82. The highest BCUT2D eigenvalue weighted by Gasteiger charge is 2.45. The van der Waals surface area contributed by atoms with Crippen molar-refractivity contribution in [3.63, 3.8) is 0 Å². The Morgan fingerprint density at radius 1 is 1.17 bits per heavy atom. The number of piperidine rings is 1.